The van der Waals surface area contributed by atoms with Crippen LogP contribution in [0.1, 0.15) is 33.6 Å². The highest BCUT2D eigenvalue weighted by Gasteiger charge is 2.23. The number of hydrogen-bond acceptors (Lipinski definition) is 7. The van der Waals surface area contributed by atoms with Crippen molar-refractivity contribution < 1.29 is 8.42 Å². The number of benzene rings is 2. The van der Waals surface area contributed by atoms with Crippen LogP contribution in [0, 0.1) is 0 Å². The Kier molecular flexibility index (Phi) is 7.05. The largest absolute Gasteiger partial charge is 0.364 e. The Hall–Kier alpha value is -3.95. The van der Waals surface area contributed by atoms with Gasteiger partial charge in [-0.15, -0.1) is 0 Å². The molecule has 0 bridgehead atoms. The molecule has 2 N–H and O–H groups in total. The highest BCUT2D eigenvalue weighted by molar-refractivity contribution is 7.89. The Bertz CT molecular complexity index is 1640. The van der Waals surface area contributed by atoms with Crippen molar-refractivity contribution in [3.05, 3.63) is 78.8 Å². The summed E-state index contributed by atoms with van der Waals surface area (Å²) in [5, 5.41) is 4.35. The summed E-state index contributed by atoms with van der Waals surface area (Å²) in [5.41, 5.74) is 3.62. The van der Waals surface area contributed by atoms with E-state index in [9.17, 15) is 8.42 Å². The molecule has 4 aromatic rings. The van der Waals surface area contributed by atoms with Crippen LogP contribution in [0.2, 0.25) is 0 Å². The molecule has 9 heteroatoms. The van der Waals surface area contributed by atoms with Crippen molar-refractivity contribution in [1.82, 2.24) is 19.7 Å². The number of nitrogens with one attached hydrogen (secondary N) is 2. The van der Waals surface area contributed by atoms with E-state index in [1.54, 1.807) is 33.0 Å². The lowest BCUT2D eigenvalue weighted by Crippen LogP contribution is -2.40. The SMILES string of the molecule is CC(C)(C)NS(=O)(=O)c1cncc(-c2nc(NCC3=CCCC=N3)c3c(-c4ccccc4)cccc3n2)c1. The Morgan fingerprint density at radius 1 is 0.921 bits per heavy atom. The highest BCUT2D eigenvalue weighted by Crippen LogP contribution is 2.34. The van der Waals surface area contributed by atoms with Gasteiger partial charge in [-0.1, -0.05) is 48.5 Å². The molecule has 1 aliphatic rings. The number of allylic oxidation sites excluding steroid dienone is 1. The Morgan fingerprint density at radius 2 is 1.74 bits per heavy atom. The van der Waals surface area contributed by atoms with Gasteiger partial charge in [0.15, 0.2) is 5.82 Å². The van der Waals surface area contributed by atoms with Gasteiger partial charge in [0.25, 0.3) is 0 Å². The first kappa shape index (κ1) is 25.7. The van der Waals surface area contributed by atoms with Crippen molar-refractivity contribution in [2.24, 2.45) is 4.99 Å². The third kappa shape index (κ3) is 5.79. The van der Waals surface area contributed by atoms with Gasteiger partial charge in [0.2, 0.25) is 10.0 Å². The lowest BCUT2D eigenvalue weighted by atomic mass is 10.0. The fraction of sp³-hybridized carbons (Fsp3) is 0.241. The molecule has 0 spiro atoms. The molecular formula is C29H30N6O2S. The summed E-state index contributed by atoms with van der Waals surface area (Å²) < 4.78 is 28.6. The molecule has 2 aromatic carbocycles. The lowest BCUT2D eigenvalue weighted by molar-refractivity contribution is 0.491. The van der Waals surface area contributed by atoms with Crippen molar-refractivity contribution >= 4 is 33.0 Å². The predicted molar refractivity (Wildman–Crippen MR) is 153 cm³/mol. The summed E-state index contributed by atoms with van der Waals surface area (Å²) in [6.45, 7) is 5.89. The van der Waals surface area contributed by atoms with E-state index in [0.717, 1.165) is 40.6 Å². The van der Waals surface area contributed by atoms with Crippen LogP contribution >= 0.6 is 0 Å². The van der Waals surface area contributed by atoms with Crippen molar-refractivity contribution in [3.63, 3.8) is 0 Å². The predicted octanol–water partition coefficient (Wildman–Crippen LogP) is 5.60. The number of aromatic nitrogens is 3. The van der Waals surface area contributed by atoms with Crippen LogP contribution in [0.4, 0.5) is 5.82 Å². The van der Waals surface area contributed by atoms with E-state index >= 15 is 0 Å². The van der Waals surface area contributed by atoms with E-state index < -0.39 is 15.6 Å². The zero-order chi connectivity index (χ0) is 26.8. The molecule has 0 amide bonds. The summed E-state index contributed by atoms with van der Waals surface area (Å²) in [4.78, 5) is 18.5. The minimum Gasteiger partial charge on any atom is -0.364 e. The minimum atomic E-state index is -3.78. The maximum absolute atomic E-state index is 13.0. The molecule has 2 aromatic heterocycles. The zero-order valence-corrected chi connectivity index (χ0v) is 22.5. The number of fused-ring (bicyclic) bond motifs is 1. The molecule has 8 nitrogen and oxygen atoms in total. The number of hydrogen-bond donors (Lipinski definition) is 2. The van der Waals surface area contributed by atoms with E-state index in [2.05, 4.69) is 44.3 Å². The second-order valence-electron chi connectivity index (χ2n) is 10.2. The van der Waals surface area contributed by atoms with Gasteiger partial charge in [0, 0.05) is 29.7 Å². The summed E-state index contributed by atoms with van der Waals surface area (Å²) in [7, 11) is -3.78. The standard InChI is InChI=1S/C29H30N6O2S/c1-29(2,3)35-38(36,37)23-16-21(17-30-19-23)27-33-25-14-9-13-24(20-10-5-4-6-11-20)26(25)28(34-27)32-18-22-12-7-8-15-31-22/h4-6,9-17,19,35H,7-8,18H2,1-3H3,(H,32,33,34). The number of nitrogens with zero attached hydrogens (tertiary/aromatic N) is 4. The monoisotopic (exact) mass is 526 g/mol. The molecule has 0 saturated carbocycles. The van der Waals surface area contributed by atoms with Gasteiger partial charge < -0.3 is 5.32 Å². The molecule has 0 radical (unpaired) electrons. The average molecular weight is 527 g/mol. The Morgan fingerprint density at radius 3 is 2.47 bits per heavy atom. The third-order valence-corrected chi connectivity index (χ3v) is 7.63. The summed E-state index contributed by atoms with van der Waals surface area (Å²) in [6.07, 6.45) is 8.86. The number of pyridine rings is 1. The first-order valence-electron chi connectivity index (χ1n) is 12.5. The van der Waals surface area contributed by atoms with E-state index in [0.29, 0.717) is 23.8 Å². The number of rotatable bonds is 7. The molecule has 5 rings (SSSR count). The van der Waals surface area contributed by atoms with Gasteiger partial charge >= 0.3 is 0 Å². The van der Waals surface area contributed by atoms with Crippen LogP contribution < -0.4 is 10.0 Å². The van der Waals surface area contributed by atoms with Crippen LogP contribution in [0.3, 0.4) is 0 Å². The van der Waals surface area contributed by atoms with E-state index in [1.807, 2.05) is 36.5 Å². The molecule has 3 heterocycles. The van der Waals surface area contributed by atoms with Gasteiger partial charge in [-0.25, -0.2) is 23.1 Å². The first-order valence-corrected chi connectivity index (χ1v) is 14.0. The van der Waals surface area contributed by atoms with Crippen molar-refractivity contribution in [3.8, 4) is 22.5 Å². The average Bonchev–Trinajstić information content (AvgIpc) is 2.91. The maximum Gasteiger partial charge on any atom is 0.242 e. The Balaban J connectivity index is 1.63. The number of sulfonamides is 1. The smallest absolute Gasteiger partial charge is 0.242 e. The second kappa shape index (κ2) is 10.4. The highest BCUT2D eigenvalue weighted by atomic mass is 32.2. The third-order valence-electron chi connectivity index (χ3n) is 5.90. The molecule has 0 aliphatic carbocycles. The summed E-state index contributed by atoms with van der Waals surface area (Å²) in [5.74, 6) is 1.03. The molecular weight excluding hydrogens is 496 g/mol. The minimum absolute atomic E-state index is 0.0582. The van der Waals surface area contributed by atoms with Crippen LogP contribution in [0.25, 0.3) is 33.4 Å². The molecule has 38 heavy (non-hydrogen) atoms. The Labute approximate surface area is 223 Å². The zero-order valence-electron chi connectivity index (χ0n) is 21.6. The lowest BCUT2D eigenvalue weighted by Gasteiger charge is -2.20. The van der Waals surface area contributed by atoms with E-state index in [-0.39, 0.29) is 4.90 Å². The maximum atomic E-state index is 13.0. The molecule has 0 fully saturated rings. The molecule has 0 unspecified atom stereocenters. The normalized spacial score (nSPS) is 13.9. The molecule has 0 atom stereocenters. The van der Waals surface area contributed by atoms with Crippen LogP contribution in [0.5, 0.6) is 0 Å². The van der Waals surface area contributed by atoms with Gasteiger partial charge in [0.1, 0.15) is 10.7 Å². The van der Waals surface area contributed by atoms with Crippen LogP contribution in [-0.2, 0) is 10.0 Å². The molecule has 0 saturated heterocycles. The van der Waals surface area contributed by atoms with E-state index in [4.69, 9.17) is 9.97 Å². The van der Waals surface area contributed by atoms with E-state index in [1.165, 1.54) is 6.20 Å². The van der Waals surface area contributed by atoms with Crippen molar-refractivity contribution in [2.75, 3.05) is 11.9 Å². The quantitative estimate of drug-likeness (QED) is 0.325. The fourth-order valence-electron chi connectivity index (χ4n) is 4.30. The number of anilines is 1. The molecule has 194 valence electrons. The van der Waals surface area contributed by atoms with Gasteiger partial charge in [-0.05, 0) is 56.9 Å². The van der Waals surface area contributed by atoms with Gasteiger partial charge in [0.05, 0.1) is 23.1 Å². The van der Waals surface area contributed by atoms with Crippen molar-refractivity contribution in [2.45, 2.75) is 44.0 Å². The fourth-order valence-corrected chi connectivity index (χ4v) is 5.71. The van der Waals surface area contributed by atoms with Crippen LogP contribution in [0.15, 0.2) is 88.7 Å². The number of aliphatic imine (C=N–C) groups is 1. The first-order chi connectivity index (χ1) is 18.2. The van der Waals surface area contributed by atoms with Gasteiger partial charge in [-0.2, -0.15) is 0 Å². The summed E-state index contributed by atoms with van der Waals surface area (Å²) in [6, 6.07) is 17.6. The van der Waals surface area contributed by atoms with Crippen molar-refractivity contribution in [1.29, 1.82) is 0 Å². The van der Waals surface area contributed by atoms with Crippen LogP contribution in [-0.4, -0.2) is 41.7 Å². The topological polar surface area (TPSA) is 109 Å². The summed E-state index contributed by atoms with van der Waals surface area (Å²) >= 11 is 0. The molecule has 1 aliphatic heterocycles. The second-order valence-corrected chi connectivity index (χ2v) is 11.8. The van der Waals surface area contributed by atoms with Gasteiger partial charge in [-0.3, -0.25) is 9.98 Å².